The number of amides is 1. The lowest BCUT2D eigenvalue weighted by atomic mass is 9.85. The standard InChI is InChI=1S/C20H36N6O3/c1-8-21-17(25-23-14-26(6)18(28-7)22-9-2)15-11-10-12-16(13-15)24-19(27)29-20(3,4)5/h8-9,15-16,23H,1-2,10-14H2,3-7H3,(H,21,25)(H,24,27)/b22-18+/t15-,16+/m0/s1. The second-order valence-electron chi connectivity index (χ2n) is 7.86. The van der Waals surface area contributed by atoms with Crippen LogP contribution in [0.5, 0.6) is 0 Å². The zero-order chi connectivity index (χ0) is 21.9. The van der Waals surface area contributed by atoms with Crippen molar-refractivity contribution in [1.29, 1.82) is 0 Å². The van der Waals surface area contributed by atoms with Crippen molar-refractivity contribution in [2.24, 2.45) is 16.0 Å². The number of ether oxygens (including phenoxy) is 2. The van der Waals surface area contributed by atoms with Crippen molar-refractivity contribution < 1.29 is 14.3 Å². The fourth-order valence-electron chi connectivity index (χ4n) is 3.07. The van der Waals surface area contributed by atoms with Gasteiger partial charge in [0.25, 0.3) is 6.02 Å². The quantitative estimate of drug-likeness (QED) is 0.259. The van der Waals surface area contributed by atoms with E-state index in [2.05, 4.69) is 39.3 Å². The first-order chi connectivity index (χ1) is 13.7. The molecule has 0 heterocycles. The van der Waals surface area contributed by atoms with Gasteiger partial charge in [0.05, 0.1) is 7.11 Å². The summed E-state index contributed by atoms with van der Waals surface area (Å²) in [6.45, 7) is 13.3. The summed E-state index contributed by atoms with van der Waals surface area (Å²) in [5.74, 6) is 0.951. The van der Waals surface area contributed by atoms with E-state index in [1.54, 1.807) is 18.2 Å². The lowest BCUT2D eigenvalue weighted by Crippen LogP contribution is -2.44. The highest BCUT2D eigenvalue weighted by Crippen LogP contribution is 2.25. The molecule has 0 aromatic carbocycles. The van der Waals surface area contributed by atoms with Crippen LogP contribution in [-0.4, -0.2) is 55.3 Å². The first-order valence-corrected chi connectivity index (χ1v) is 9.81. The number of alkyl carbamates (subject to hydrolysis) is 1. The Kier molecular flexibility index (Phi) is 10.1. The highest BCUT2D eigenvalue weighted by Gasteiger charge is 2.28. The molecule has 0 spiro atoms. The summed E-state index contributed by atoms with van der Waals surface area (Å²) >= 11 is 0. The molecule has 0 unspecified atom stereocenters. The molecule has 1 fully saturated rings. The molecule has 0 aliphatic heterocycles. The number of hydrogen-bond donors (Lipinski definition) is 3. The number of nitrogens with one attached hydrogen (secondary N) is 3. The molecule has 0 saturated heterocycles. The van der Waals surface area contributed by atoms with Gasteiger partial charge in [0, 0.05) is 25.2 Å². The van der Waals surface area contributed by atoms with Gasteiger partial charge in [-0.2, -0.15) is 5.10 Å². The van der Waals surface area contributed by atoms with E-state index >= 15 is 0 Å². The molecule has 29 heavy (non-hydrogen) atoms. The third-order valence-corrected chi connectivity index (χ3v) is 4.25. The van der Waals surface area contributed by atoms with Crippen LogP contribution in [0.3, 0.4) is 0 Å². The van der Waals surface area contributed by atoms with Gasteiger partial charge in [-0.05, 0) is 46.2 Å². The van der Waals surface area contributed by atoms with Crippen LogP contribution in [0.2, 0.25) is 0 Å². The monoisotopic (exact) mass is 408 g/mol. The molecule has 9 heteroatoms. The van der Waals surface area contributed by atoms with E-state index in [4.69, 9.17) is 9.47 Å². The highest BCUT2D eigenvalue weighted by molar-refractivity contribution is 5.85. The molecule has 1 saturated carbocycles. The molecule has 0 radical (unpaired) electrons. The normalized spacial score (nSPS) is 20.3. The van der Waals surface area contributed by atoms with Crippen molar-refractivity contribution in [1.82, 2.24) is 21.0 Å². The number of carbonyl (C=O) groups is 1. The summed E-state index contributed by atoms with van der Waals surface area (Å²) < 4.78 is 10.6. The van der Waals surface area contributed by atoms with Crippen LogP contribution in [-0.2, 0) is 9.47 Å². The van der Waals surface area contributed by atoms with Gasteiger partial charge in [0.2, 0.25) is 0 Å². The molecule has 2 atom stereocenters. The Morgan fingerprint density at radius 1 is 1.31 bits per heavy atom. The zero-order valence-electron chi connectivity index (χ0n) is 18.3. The Bertz CT molecular complexity index is 612. The molecular weight excluding hydrogens is 372 g/mol. The van der Waals surface area contributed by atoms with Gasteiger partial charge in [0.1, 0.15) is 18.1 Å². The molecule has 164 valence electrons. The molecule has 0 bridgehead atoms. The molecule has 0 aromatic heterocycles. The number of amidine groups is 2. The average Bonchev–Trinajstić information content (AvgIpc) is 2.63. The number of carbonyl (C=O) groups excluding carboxylic acids is 1. The van der Waals surface area contributed by atoms with Crippen molar-refractivity contribution in [3.8, 4) is 0 Å². The summed E-state index contributed by atoms with van der Waals surface area (Å²) in [5.41, 5.74) is 2.51. The van der Waals surface area contributed by atoms with E-state index in [9.17, 15) is 4.79 Å². The Morgan fingerprint density at radius 3 is 2.62 bits per heavy atom. The second-order valence-corrected chi connectivity index (χ2v) is 7.86. The van der Waals surface area contributed by atoms with Gasteiger partial charge < -0.3 is 25.0 Å². The van der Waals surface area contributed by atoms with Crippen molar-refractivity contribution in [2.45, 2.75) is 58.1 Å². The topological polar surface area (TPSA) is 99.6 Å². The fraction of sp³-hybridized carbons (Fsp3) is 0.650. The van der Waals surface area contributed by atoms with Crippen LogP contribution in [0.4, 0.5) is 4.79 Å². The first-order valence-electron chi connectivity index (χ1n) is 9.81. The van der Waals surface area contributed by atoms with E-state index in [0.717, 1.165) is 31.5 Å². The third kappa shape index (κ3) is 9.36. The predicted molar refractivity (Wildman–Crippen MR) is 116 cm³/mol. The summed E-state index contributed by atoms with van der Waals surface area (Å²) in [4.78, 5) is 17.9. The molecule has 1 aliphatic carbocycles. The largest absolute Gasteiger partial charge is 0.468 e. The second kappa shape index (κ2) is 12.0. The molecule has 3 N–H and O–H groups in total. The van der Waals surface area contributed by atoms with E-state index < -0.39 is 5.60 Å². The maximum absolute atomic E-state index is 12.1. The third-order valence-electron chi connectivity index (χ3n) is 4.25. The first kappa shape index (κ1) is 24.3. The number of rotatable bonds is 7. The molecule has 1 rings (SSSR count). The Balaban J connectivity index is 2.68. The van der Waals surface area contributed by atoms with Crippen LogP contribution in [0.25, 0.3) is 0 Å². The lowest BCUT2D eigenvalue weighted by molar-refractivity contribution is 0.0489. The summed E-state index contributed by atoms with van der Waals surface area (Å²) in [6, 6.07) is 0.475. The number of hydrazone groups is 1. The lowest BCUT2D eigenvalue weighted by Gasteiger charge is -2.31. The predicted octanol–water partition coefficient (Wildman–Crippen LogP) is 2.74. The van der Waals surface area contributed by atoms with Crippen molar-refractivity contribution in [2.75, 3.05) is 20.8 Å². The summed E-state index contributed by atoms with van der Waals surface area (Å²) in [7, 11) is 3.38. The molecule has 0 aromatic rings. The van der Waals surface area contributed by atoms with Gasteiger partial charge >= 0.3 is 6.09 Å². The van der Waals surface area contributed by atoms with E-state index in [1.165, 1.54) is 6.20 Å². The molecule has 1 aliphatic rings. The van der Waals surface area contributed by atoms with Crippen LogP contribution in [0, 0.1) is 5.92 Å². The van der Waals surface area contributed by atoms with Gasteiger partial charge in [0.15, 0.2) is 0 Å². The number of hydrogen-bond acceptors (Lipinski definition) is 6. The van der Waals surface area contributed by atoms with Gasteiger partial charge in [-0.15, -0.1) is 0 Å². The SMILES string of the molecule is C=C/N=C(/OC)N(C)CN/N=C(\NC=C)[C@H]1CCC[C@@H](NC(=O)OC(C)(C)C)C1. The maximum Gasteiger partial charge on any atom is 0.407 e. The average molecular weight is 409 g/mol. The van der Waals surface area contributed by atoms with E-state index in [0.29, 0.717) is 12.7 Å². The number of nitrogens with zero attached hydrogens (tertiary/aromatic N) is 3. The minimum atomic E-state index is -0.513. The van der Waals surface area contributed by atoms with Crippen molar-refractivity contribution in [3.05, 3.63) is 25.6 Å². The number of aliphatic imine (C=N–C) groups is 1. The Labute approximate surface area is 174 Å². The number of methoxy groups -OCH3 is 1. The van der Waals surface area contributed by atoms with Crippen LogP contribution in [0.1, 0.15) is 46.5 Å². The minimum absolute atomic E-state index is 0.0444. The fourth-order valence-corrected chi connectivity index (χ4v) is 3.07. The highest BCUT2D eigenvalue weighted by atomic mass is 16.6. The van der Waals surface area contributed by atoms with Crippen LogP contribution >= 0.6 is 0 Å². The maximum atomic E-state index is 12.1. The van der Waals surface area contributed by atoms with Crippen LogP contribution < -0.4 is 16.1 Å². The van der Waals surface area contributed by atoms with E-state index in [-0.39, 0.29) is 18.1 Å². The Hall–Kier alpha value is -2.71. The minimum Gasteiger partial charge on any atom is -0.468 e. The molecular formula is C20H36N6O3. The van der Waals surface area contributed by atoms with Crippen molar-refractivity contribution in [3.63, 3.8) is 0 Å². The van der Waals surface area contributed by atoms with E-state index in [1.807, 2.05) is 27.8 Å². The van der Waals surface area contributed by atoms with Crippen molar-refractivity contribution >= 4 is 18.0 Å². The smallest absolute Gasteiger partial charge is 0.407 e. The molecule has 1 amide bonds. The summed E-state index contributed by atoms with van der Waals surface area (Å²) in [5, 5.41) is 10.6. The summed E-state index contributed by atoms with van der Waals surface area (Å²) in [6.07, 6.45) is 6.30. The van der Waals surface area contributed by atoms with Gasteiger partial charge in [-0.3, -0.25) is 5.43 Å². The molecule has 9 nitrogen and oxygen atoms in total. The van der Waals surface area contributed by atoms with Gasteiger partial charge in [-0.1, -0.05) is 19.6 Å². The van der Waals surface area contributed by atoms with Crippen LogP contribution in [0.15, 0.2) is 35.7 Å². The van der Waals surface area contributed by atoms with Gasteiger partial charge in [-0.25, -0.2) is 9.79 Å². The Morgan fingerprint density at radius 2 is 2.03 bits per heavy atom. The zero-order valence-corrected chi connectivity index (χ0v) is 18.3.